The van der Waals surface area contributed by atoms with E-state index in [0.717, 1.165) is 28.9 Å². The summed E-state index contributed by atoms with van der Waals surface area (Å²) in [5.74, 6) is 0.00898. The minimum atomic E-state index is -0.954. The lowest BCUT2D eigenvalue weighted by molar-refractivity contribution is 0.00875. The van der Waals surface area contributed by atoms with E-state index >= 15 is 0 Å². The van der Waals surface area contributed by atoms with Gasteiger partial charge in [-0.1, -0.05) is 32.0 Å². The molecule has 1 atom stereocenters. The van der Waals surface area contributed by atoms with Crippen LogP contribution in [0.5, 0.6) is 5.75 Å². The second kappa shape index (κ2) is 9.00. The number of carbonyl (C=O) groups is 2. The quantitative estimate of drug-likeness (QED) is 0.689. The number of rotatable bonds is 5. The Balaban J connectivity index is 1.77. The van der Waals surface area contributed by atoms with Crippen molar-refractivity contribution in [1.29, 1.82) is 0 Å². The number of carboxylic acids is 1. The normalized spacial score (nSPS) is 16.1. The van der Waals surface area contributed by atoms with E-state index in [9.17, 15) is 9.59 Å². The number of aromatic carboxylic acids is 1. The molecule has 2 aromatic rings. The van der Waals surface area contributed by atoms with Crippen molar-refractivity contribution in [3.8, 4) is 5.75 Å². The molecule has 6 nitrogen and oxygen atoms in total. The summed E-state index contributed by atoms with van der Waals surface area (Å²) in [6.45, 7) is 10.7. The molecule has 2 aromatic carbocycles. The smallest absolute Gasteiger partial charge is 0.410 e. The summed E-state index contributed by atoms with van der Waals surface area (Å²) < 4.78 is 11.6. The first-order valence-corrected chi connectivity index (χ1v) is 10.6. The fourth-order valence-corrected chi connectivity index (χ4v) is 3.93. The van der Waals surface area contributed by atoms with Crippen LogP contribution in [-0.4, -0.2) is 34.2 Å². The van der Waals surface area contributed by atoms with Gasteiger partial charge in [-0.25, -0.2) is 9.59 Å². The molecule has 0 spiro atoms. The van der Waals surface area contributed by atoms with Crippen LogP contribution >= 0.6 is 0 Å². The number of benzene rings is 2. The van der Waals surface area contributed by atoms with Gasteiger partial charge in [0.05, 0.1) is 11.6 Å². The third-order valence-electron chi connectivity index (χ3n) is 5.23. The summed E-state index contributed by atoms with van der Waals surface area (Å²) >= 11 is 0. The predicted molar refractivity (Wildman–Crippen MR) is 118 cm³/mol. The van der Waals surface area contributed by atoms with E-state index in [4.69, 9.17) is 14.6 Å². The van der Waals surface area contributed by atoms with Gasteiger partial charge in [-0.2, -0.15) is 0 Å². The summed E-state index contributed by atoms with van der Waals surface area (Å²) in [6.07, 6.45) is 0.444. The zero-order chi connectivity index (χ0) is 22.8. The van der Waals surface area contributed by atoms with E-state index in [-0.39, 0.29) is 30.2 Å². The standard InChI is InChI=1S/C25H31NO5/c1-16(2)22-21-10-9-20(30-15-17-7-6-8-19(13-17)23(27)28)14-18(21)11-12-26(22)24(29)31-25(3,4)5/h6-10,13-14,16,22H,11-12,15H2,1-5H3,(H,27,28). The van der Waals surface area contributed by atoms with Gasteiger partial charge >= 0.3 is 12.1 Å². The van der Waals surface area contributed by atoms with E-state index < -0.39 is 11.6 Å². The maximum Gasteiger partial charge on any atom is 0.410 e. The molecule has 6 heteroatoms. The second-order valence-electron chi connectivity index (χ2n) is 9.27. The third-order valence-corrected chi connectivity index (χ3v) is 5.23. The van der Waals surface area contributed by atoms with Gasteiger partial charge in [-0.15, -0.1) is 0 Å². The topological polar surface area (TPSA) is 76.1 Å². The summed E-state index contributed by atoms with van der Waals surface area (Å²) in [5, 5.41) is 9.14. The SMILES string of the molecule is CC(C)C1c2ccc(OCc3cccc(C(=O)O)c3)cc2CCN1C(=O)OC(C)(C)C. The maximum atomic E-state index is 12.8. The van der Waals surface area contributed by atoms with Crippen LogP contribution in [0.3, 0.4) is 0 Å². The largest absolute Gasteiger partial charge is 0.489 e. The van der Waals surface area contributed by atoms with Crippen LogP contribution in [-0.2, 0) is 17.8 Å². The minimum absolute atomic E-state index is 0.0556. The van der Waals surface area contributed by atoms with Gasteiger partial charge in [0.1, 0.15) is 18.0 Å². The number of nitrogens with zero attached hydrogens (tertiary/aromatic N) is 1. The molecular weight excluding hydrogens is 394 g/mol. The number of carboxylic acid groups (broad SMARTS) is 1. The molecule has 166 valence electrons. The average molecular weight is 426 g/mol. The molecule has 0 saturated carbocycles. The van der Waals surface area contributed by atoms with Crippen molar-refractivity contribution in [3.05, 3.63) is 64.7 Å². The number of amides is 1. The molecule has 0 aromatic heterocycles. The zero-order valence-corrected chi connectivity index (χ0v) is 18.8. The first kappa shape index (κ1) is 22.7. The Labute approximate surface area is 183 Å². The highest BCUT2D eigenvalue weighted by Gasteiger charge is 2.35. The number of fused-ring (bicyclic) bond motifs is 1. The Morgan fingerprint density at radius 3 is 2.55 bits per heavy atom. The van der Waals surface area contributed by atoms with Crippen molar-refractivity contribution in [2.45, 2.75) is 59.3 Å². The third kappa shape index (κ3) is 5.57. The predicted octanol–water partition coefficient (Wildman–Crippen LogP) is 5.45. The highest BCUT2D eigenvalue weighted by molar-refractivity contribution is 5.87. The van der Waals surface area contributed by atoms with Crippen LogP contribution < -0.4 is 4.74 Å². The molecule has 3 rings (SSSR count). The number of hydrogen-bond acceptors (Lipinski definition) is 4. The van der Waals surface area contributed by atoms with Crippen LogP contribution in [0.15, 0.2) is 42.5 Å². The van der Waals surface area contributed by atoms with Crippen molar-refractivity contribution >= 4 is 12.1 Å². The van der Waals surface area contributed by atoms with Gasteiger partial charge in [0.25, 0.3) is 0 Å². The molecule has 0 aliphatic carbocycles. The van der Waals surface area contributed by atoms with E-state index in [1.807, 2.05) is 49.9 Å². The Kier molecular flexibility index (Phi) is 6.58. The van der Waals surface area contributed by atoms with Crippen LogP contribution in [0.4, 0.5) is 4.79 Å². The molecule has 0 saturated heterocycles. The van der Waals surface area contributed by atoms with Crippen molar-refractivity contribution in [3.63, 3.8) is 0 Å². The molecular formula is C25H31NO5. The van der Waals surface area contributed by atoms with Gasteiger partial charge in [-0.3, -0.25) is 0 Å². The zero-order valence-electron chi connectivity index (χ0n) is 18.8. The average Bonchev–Trinajstić information content (AvgIpc) is 2.69. The molecule has 1 unspecified atom stereocenters. The van der Waals surface area contributed by atoms with E-state index in [2.05, 4.69) is 13.8 Å². The minimum Gasteiger partial charge on any atom is -0.489 e. The number of ether oxygens (including phenoxy) is 2. The molecule has 0 fully saturated rings. The highest BCUT2D eigenvalue weighted by Crippen LogP contribution is 2.37. The lowest BCUT2D eigenvalue weighted by Crippen LogP contribution is -2.44. The molecule has 1 aliphatic heterocycles. The fraction of sp³-hybridized carbons (Fsp3) is 0.440. The molecule has 0 radical (unpaired) electrons. The first-order valence-electron chi connectivity index (χ1n) is 10.6. The monoisotopic (exact) mass is 425 g/mol. The summed E-state index contributed by atoms with van der Waals surface area (Å²) in [4.78, 5) is 25.8. The van der Waals surface area contributed by atoms with Gasteiger partial charge in [0.15, 0.2) is 0 Å². The second-order valence-corrected chi connectivity index (χ2v) is 9.27. The van der Waals surface area contributed by atoms with Crippen molar-refractivity contribution in [2.75, 3.05) is 6.54 Å². The van der Waals surface area contributed by atoms with Crippen molar-refractivity contribution in [1.82, 2.24) is 4.90 Å². The lowest BCUT2D eigenvalue weighted by atomic mass is 9.86. The Morgan fingerprint density at radius 2 is 1.90 bits per heavy atom. The Hall–Kier alpha value is -3.02. The van der Waals surface area contributed by atoms with Gasteiger partial charge in [-0.05, 0) is 74.1 Å². The van der Waals surface area contributed by atoms with E-state index in [1.54, 1.807) is 18.2 Å². The summed E-state index contributed by atoms with van der Waals surface area (Å²) in [7, 11) is 0. The molecule has 1 N–H and O–H groups in total. The molecule has 0 bridgehead atoms. The number of carbonyl (C=O) groups excluding carboxylic acids is 1. The Morgan fingerprint density at radius 1 is 1.16 bits per heavy atom. The van der Waals surface area contributed by atoms with Crippen LogP contribution in [0.1, 0.15) is 67.7 Å². The van der Waals surface area contributed by atoms with Crippen LogP contribution in [0.2, 0.25) is 0 Å². The maximum absolute atomic E-state index is 12.8. The highest BCUT2D eigenvalue weighted by atomic mass is 16.6. The molecule has 1 aliphatic rings. The molecule has 31 heavy (non-hydrogen) atoms. The Bertz CT molecular complexity index is 961. The van der Waals surface area contributed by atoms with E-state index in [1.165, 1.54) is 0 Å². The van der Waals surface area contributed by atoms with Gasteiger partial charge in [0.2, 0.25) is 0 Å². The van der Waals surface area contributed by atoms with E-state index in [0.29, 0.717) is 6.54 Å². The molecule has 1 heterocycles. The van der Waals surface area contributed by atoms with Gasteiger partial charge < -0.3 is 19.5 Å². The van der Waals surface area contributed by atoms with Crippen molar-refractivity contribution in [2.24, 2.45) is 5.92 Å². The summed E-state index contributed by atoms with van der Waals surface area (Å²) in [6, 6.07) is 12.7. The van der Waals surface area contributed by atoms with Crippen LogP contribution in [0.25, 0.3) is 0 Å². The van der Waals surface area contributed by atoms with Gasteiger partial charge in [0, 0.05) is 6.54 Å². The van der Waals surface area contributed by atoms with Crippen molar-refractivity contribution < 1.29 is 24.2 Å². The molecule has 1 amide bonds. The first-order chi connectivity index (χ1) is 14.5. The number of hydrogen-bond donors (Lipinski definition) is 1. The summed E-state index contributed by atoms with van der Waals surface area (Å²) in [5.41, 5.74) is 2.79. The lowest BCUT2D eigenvalue weighted by Gasteiger charge is -2.40. The fourth-order valence-electron chi connectivity index (χ4n) is 3.93. The van der Waals surface area contributed by atoms with Crippen LogP contribution in [0, 0.1) is 5.92 Å².